The van der Waals surface area contributed by atoms with Crippen LogP contribution >= 0.6 is 0 Å². The number of alkyl halides is 2. The average Bonchev–Trinajstić information content (AvgIpc) is 2.40. The maximum absolute atomic E-state index is 12.5. The summed E-state index contributed by atoms with van der Waals surface area (Å²) in [6.07, 6.45) is -1.51. The molecule has 1 aromatic carbocycles. The highest BCUT2D eigenvalue weighted by Crippen LogP contribution is 2.23. The van der Waals surface area contributed by atoms with Gasteiger partial charge in [0.1, 0.15) is 0 Å². The lowest BCUT2D eigenvalue weighted by molar-refractivity contribution is 0.151. The summed E-state index contributed by atoms with van der Waals surface area (Å²) >= 11 is 0. The van der Waals surface area contributed by atoms with Crippen LogP contribution in [-0.4, -0.2) is 38.8 Å². The van der Waals surface area contributed by atoms with E-state index in [9.17, 15) is 8.78 Å². The Hall–Kier alpha value is -1.04. The van der Waals surface area contributed by atoms with Crippen molar-refractivity contribution in [3.05, 3.63) is 35.4 Å². The summed E-state index contributed by atoms with van der Waals surface area (Å²) in [7, 11) is 3.65. The molecular formula is C14H22F2N2O. The Morgan fingerprint density at radius 3 is 2.26 bits per heavy atom. The van der Waals surface area contributed by atoms with Crippen molar-refractivity contribution < 1.29 is 13.5 Å². The van der Waals surface area contributed by atoms with Gasteiger partial charge >= 0.3 is 0 Å². The van der Waals surface area contributed by atoms with E-state index in [2.05, 4.69) is 4.90 Å². The molecule has 0 radical (unpaired) electrons. The van der Waals surface area contributed by atoms with Gasteiger partial charge in [-0.15, -0.1) is 0 Å². The van der Waals surface area contributed by atoms with E-state index in [0.29, 0.717) is 13.2 Å². The standard InChI is InChI=1S/C14H22F2N2O/c1-18(8-3-9-19-2)13(10-17)11-4-6-12(7-5-11)14(15)16/h4-7,13-14H,3,8-10,17H2,1-2H3. The Labute approximate surface area is 113 Å². The van der Waals surface area contributed by atoms with Crippen LogP contribution in [-0.2, 0) is 4.74 Å². The van der Waals surface area contributed by atoms with Crippen molar-refractivity contribution in [2.24, 2.45) is 5.73 Å². The lowest BCUT2D eigenvalue weighted by atomic mass is 10.0. The van der Waals surface area contributed by atoms with Crippen LogP contribution in [0, 0.1) is 0 Å². The summed E-state index contributed by atoms with van der Waals surface area (Å²) in [4.78, 5) is 2.12. The second kappa shape index (κ2) is 8.19. The highest BCUT2D eigenvalue weighted by atomic mass is 19.3. The lowest BCUT2D eigenvalue weighted by Gasteiger charge is -2.27. The first-order valence-corrected chi connectivity index (χ1v) is 6.37. The van der Waals surface area contributed by atoms with E-state index in [0.717, 1.165) is 18.5 Å². The number of rotatable bonds is 8. The van der Waals surface area contributed by atoms with Crippen LogP contribution < -0.4 is 5.73 Å². The molecule has 108 valence electrons. The minimum atomic E-state index is -2.43. The van der Waals surface area contributed by atoms with Crippen molar-refractivity contribution in [1.82, 2.24) is 4.90 Å². The Morgan fingerprint density at radius 1 is 1.21 bits per heavy atom. The number of hydrogen-bond donors (Lipinski definition) is 1. The molecule has 0 spiro atoms. The summed E-state index contributed by atoms with van der Waals surface area (Å²) in [6, 6.07) is 6.43. The molecule has 0 bridgehead atoms. The molecule has 0 amide bonds. The monoisotopic (exact) mass is 272 g/mol. The predicted octanol–water partition coefficient (Wildman–Crippen LogP) is 2.59. The topological polar surface area (TPSA) is 38.5 Å². The van der Waals surface area contributed by atoms with Crippen LogP contribution in [0.1, 0.15) is 30.0 Å². The van der Waals surface area contributed by atoms with Crippen molar-refractivity contribution >= 4 is 0 Å². The number of ether oxygens (including phenoxy) is 1. The van der Waals surface area contributed by atoms with Gasteiger partial charge in [0.25, 0.3) is 6.43 Å². The number of benzene rings is 1. The fraction of sp³-hybridized carbons (Fsp3) is 0.571. The third-order valence-electron chi connectivity index (χ3n) is 3.19. The Bertz CT molecular complexity index is 357. The lowest BCUT2D eigenvalue weighted by Crippen LogP contribution is -2.31. The van der Waals surface area contributed by atoms with Gasteiger partial charge in [-0.05, 0) is 19.0 Å². The maximum Gasteiger partial charge on any atom is 0.263 e. The van der Waals surface area contributed by atoms with Gasteiger partial charge < -0.3 is 10.5 Å². The summed E-state index contributed by atoms with van der Waals surface area (Å²) in [5.74, 6) is 0. The summed E-state index contributed by atoms with van der Waals surface area (Å²) < 4.78 is 30.0. The third kappa shape index (κ3) is 4.86. The average molecular weight is 272 g/mol. The smallest absolute Gasteiger partial charge is 0.263 e. The fourth-order valence-electron chi connectivity index (χ4n) is 2.05. The van der Waals surface area contributed by atoms with Crippen LogP contribution in [0.4, 0.5) is 8.78 Å². The van der Waals surface area contributed by atoms with Crippen molar-refractivity contribution in [1.29, 1.82) is 0 Å². The molecular weight excluding hydrogens is 250 g/mol. The Morgan fingerprint density at radius 2 is 1.79 bits per heavy atom. The molecule has 1 unspecified atom stereocenters. The highest BCUT2D eigenvalue weighted by Gasteiger charge is 2.16. The second-order valence-corrected chi connectivity index (χ2v) is 4.55. The van der Waals surface area contributed by atoms with Gasteiger partial charge in [-0.3, -0.25) is 4.90 Å². The minimum absolute atomic E-state index is 0.0431. The molecule has 0 aliphatic rings. The molecule has 5 heteroatoms. The van der Waals surface area contributed by atoms with Gasteiger partial charge in [-0.2, -0.15) is 0 Å². The summed E-state index contributed by atoms with van der Waals surface area (Å²) in [6.45, 7) is 2.01. The number of nitrogens with two attached hydrogens (primary N) is 1. The molecule has 0 heterocycles. The van der Waals surface area contributed by atoms with Gasteiger partial charge in [0.05, 0.1) is 0 Å². The van der Waals surface area contributed by atoms with E-state index in [1.54, 1.807) is 19.2 Å². The van der Waals surface area contributed by atoms with E-state index in [1.807, 2.05) is 7.05 Å². The van der Waals surface area contributed by atoms with Crippen LogP contribution in [0.2, 0.25) is 0 Å². The molecule has 19 heavy (non-hydrogen) atoms. The minimum Gasteiger partial charge on any atom is -0.385 e. The fourth-order valence-corrected chi connectivity index (χ4v) is 2.05. The largest absolute Gasteiger partial charge is 0.385 e. The maximum atomic E-state index is 12.5. The third-order valence-corrected chi connectivity index (χ3v) is 3.19. The molecule has 2 N–H and O–H groups in total. The van der Waals surface area contributed by atoms with E-state index in [-0.39, 0.29) is 11.6 Å². The van der Waals surface area contributed by atoms with Crippen molar-refractivity contribution in [2.45, 2.75) is 18.9 Å². The van der Waals surface area contributed by atoms with E-state index in [1.165, 1.54) is 12.1 Å². The Balaban J connectivity index is 2.67. The quantitative estimate of drug-likeness (QED) is 0.739. The normalized spacial score (nSPS) is 13.2. The second-order valence-electron chi connectivity index (χ2n) is 4.55. The number of halogens is 2. The first-order chi connectivity index (χ1) is 9.10. The van der Waals surface area contributed by atoms with E-state index < -0.39 is 6.43 Å². The molecule has 0 saturated heterocycles. The van der Waals surface area contributed by atoms with Gasteiger partial charge in [0, 0.05) is 38.4 Å². The van der Waals surface area contributed by atoms with Gasteiger partial charge in [0.2, 0.25) is 0 Å². The predicted molar refractivity (Wildman–Crippen MR) is 72.3 cm³/mol. The van der Waals surface area contributed by atoms with Crippen LogP contribution in [0.15, 0.2) is 24.3 Å². The molecule has 0 aromatic heterocycles. The highest BCUT2D eigenvalue weighted by molar-refractivity contribution is 5.26. The first kappa shape index (κ1) is 16.0. The molecule has 3 nitrogen and oxygen atoms in total. The molecule has 1 atom stereocenters. The number of likely N-dealkylation sites (N-methyl/N-ethyl adjacent to an activating group) is 1. The molecule has 1 aromatic rings. The van der Waals surface area contributed by atoms with Gasteiger partial charge in [-0.1, -0.05) is 24.3 Å². The zero-order valence-electron chi connectivity index (χ0n) is 11.5. The zero-order chi connectivity index (χ0) is 14.3. The van der Waals surface area contributed by atoms with E-state index in [4.69, 9.17) is 10.5 Å². The number of methoxy groups -OCH3 is 1. The van der Waals surface area contributed by atoms with Crippen LogP contribution in [0.25, 0.3) is 0 Å². The number of hydrogen-bond acceptors (Lipinski definition) is 3. The van der Waals surface area contributed by atoms with Crippen molar-refractivity contribution in [2.75, 3.05) is 33.9 Å². The zero-order valence-corrected chi connectivity index (χ0v) is 11.5. The molecule has 0 fully saturated rings. The molecule has 0 aliphatic heterocycles. The molecule has 1 rings (SSSR count). The first-order valence-electron chi connectivity index (χ1n) is 6.37. The van der Waals surface area contributed by atoms with Crippen molar-refractivity contribution in [3.63, 3.8) is 0 Å². The Kier molecular flexibility index (Phi) is 6.91. The molecule has 0 saturated carbocycles. The summed E-state index contributed by atoms with van der Waals surface area (Å²) in [5.41, 5.74) is 6.79. The van der Waals surface area contributed by atoms with Crippen molar-refractivity contribution in [3.8, 4) is 0 Å². The van der Waals surface area contributed by atoms with Gasteiger partial charge in [0.15, 0.2) is 0 Å². The van der Waals surface area contributed by atoms with E-state index >= 15 is 0 Å². The summed E-state index contributed by atoms with van der Waals surface area (Å²) in [5, 5.41) is 0. The van der Waals surface area contributed by atoms with Gasteiger partial charge in [-0.25, -0.2) is 8.78 Å². The SMILES string of the molecule is COCCCN(C)C(CN)c1ccc(C(F)F)cc1. The number of nitrogens with zero attached hydrogens (tertiary/aromatic N) is 1. The van der Waals surface area contributed by atoms with Crippen LogP contribution in [0.5, 0.6) is 0 Å². The van der Waals surface area contributed by atoms with Crippen LogP contribution in [0.3, 0.4) is 0 Å². The molecule has 0 aliphatic carbocycles.